The lowest BCUT2D eigenvalue weighted by Crippen LogP contribution is -2.39. The average molecular weight is 346 g/mol. The quantitative estimate of drug-likeness (QED) is 0.884. The van der Waals surface area contributed by atoms with Crippen molar-refractivity contribution in [2.24, 2.45) is 11.7 Å². The first-order valence-corrected chi connectivity index (χ1v) is 8.12. The number of nitrogens with one attached hydrogen (secondary N) is 1. The third kappa shape index (κ3) is 4.26. The molecule has 3 N–H and O–H groups in total. The molecule has 0 aromatic carbocycles. The lowest BCUT2D eigenvalue weighted by atomic mass is 10.1. The van der Waals surface area contributed by atoms with E-state index in [1.165, 1.54) is 16.2 Å². The summed E-state index contributed by atoms with van der Waals surface area (Å²) in [6.45, 7) is 7.94. The van der Waals surface area contributed by atoms with E-state index in [0.29, 0.717) is 5.13 Å². The lowest BCUT2D eigenvalue weighted by Gasteiger charge is -2.13. The van der Waals surface area contributed by atoms with Crippen LogP contribution in [-0.4, -0.2) is 16.9 Å². The maximum Gasteiger partial charge on any atom is 0.243 e. The van der Waals surface area contributed by atoms with E-state index in [2.05, 4.69) is 29.4 Å². The van der Waals surface area contributed by atoms with Crippen LogP contribution >= 0.6 is 35.1 Å². The Morgan fingerprint density at radius 2 is 1.95 bits per heavy atom. The molecule has 0 bridgehead atoms. The Balaban J connectivity index is 0.00000220. The average Bonchev–Trinajstić information content (AvgIpc) is 2.94. The molecular formula is C14H20ClN3OS2. The smallest absolute Gasteiger partial charge is 0.243 e. The number of thiophene rings is 1. The molecule has 2 aromatic rings. The summed E-state index contributed by atoms with van der Waals surface area (Å²) in [4.78, 5) is 19.9. The summed E-state index contributed by atoms with van der Waals surface area (Å²) in [7, 11) is 0. The van der Waals surface area contributed by atoms with Crippen molar-refractivity contribution in [3.63, 3.8) is 0 Å². The Kier molecular flexibility index (Phi) is 6.34. The van der Waals surface area contributed by atoms with Crippen LogP contribution in [0.15, 0.2) is 12.1 Å². The van der Waals surface area contributed by atoms with Gasteiger partial charge in [-0.3, -0.25) is 4.79 Å². The predicted molar refractivity (Wildman–Crippen MR) is 93.6 cm³/mol. The molecule has 2 heterocycles. The van der Waals surface area contributed by atoms with Gasteiger partial charge in [0.15, 0.2) is 5.13 Å². The predicted octanol–water partition coefficient (Wildman–Crippen LogP) is 3.83. The molecule has 4 nitrogen and oxygen atoms in total. The second kappa shape index (κ2) is 7.35. The zero-order chi connectivity index (χ0) is 14.9. The Morgan fingerprint density at radius 3 is 2.48 bits per heavy atom. The van der Waals surface area contributed by atoms with Crippen molar-refractivity contribution in [3.8, 4) is 10.6 Å². The van der Waals surface area contributed by atoms with Crippen LogP contribution in [0.1, 0.15) is 23.6 Å². The van der Waals surface area contributed by atoms with Crippen LogP contribution < -0.4 is 11.1 Å². The van der Waals surface area contributed by atoms with Gasteiger partial charge in [0, 0.05) is 9.75 Å². The van der Waals surface area contributed by atoms with Gasteiger partial charge in [-0.15, -0.1) is 35.1 Å². The first kappa shape index (κ1) is 18.1. The second-order valence-electron chi connectivity index (χ2n) is 5.09. The Labute approximate surface area is 139 Å². The van der Waals surface area contributed by atoms with E-state index in [-0.39, 0.29) is 24.2 Å². The SMILES string of the molecule is Cc1ccc(-c2nc(NC(=O)C(N)C(C)C)sc2C)s1.Cl. The number of aryl methyl sites for hydroxylation is 2. The maximum absolute atomic E-state index is 11.9. The molecule has 0 saturated heterocycles. The minimum absolute atomic E-state index is 0. The topological polar surface area (TPSA) is 68.0 Å². The van der Waals surface area contributed by atoms with Gasteiger partial charge in [0.05, 0.1) is 16.6 Å². The van der Waals surface area contributed by atoms with E-state index in [1.807, 2.05) is 20.8 Å². The summed E-state index contributed by atoms with van der Waals surface area (Å²) in [5.41, 5.74) is 6.78. The number of anilines is 1. The molecule has 0 aliphatic heterocycles. The number of hydrogen-bond acceptors (Lipinski definition) is 5. The van der Waals surface area contributed by atoms with Crippen molar-refractivity contribution in [2.45, 2.75) is 33.7 Å². The van der Waals surface area contributed by atoms with Crippen LogP contribution in [0, 0.1) is 19.8 Å². The molecule has 0 aliphatic carbocycles. The van der Waals surface area contributed by atoms with Crippen LogP contribution in [0.5, 0.6) is 0 Å². The minimum atomic E-state index is -0.508. The molecule has 0 spiro atoms. The molecule has 1 unspecified atom stereocenters. The van der Waals surface area contributed by atoms with Crippen molar-refractivity contribution >= 4 is 46.1 Å². The Bertz CT molecular complexity index is 622. The number of carbonyl (C=O) groups excluding carboxylic acids is 1. The van der Waals surface area contributed by atoms with E-state index < -0.39 is 6.04 Å². The van der Waals surface area contributed by atoms with Gasteiger partial charge in [-0.25, -0.2) is 4.98 Å². The normalized spacial score (nSPS) is 12.1. The maximum atomic E-state index is 11.9. The van der Waals surface area contributed by atoms with E-state index in [4.69, 9.17) is 5.73 Å². The van der Waals surface area contributed by atoms with E-state index in [9.17, 15) is 4.79 Å². The van der Waals surface area contributed by atoms with Crippen LogP contribution in [-0.2, 0) is 4.79 Å². The Hall–Kier alpha value is -0.950. The van der Waals surface area contributed by atoms with E-state index in [0.717, 1.165) is 15.4 Å². The van der Waals surface area contributed by atoms with E-state index in [1.54, 1.807) is 11.3 Å². The van der Waals surface area contributed by atoms with Crippen molar-refractivity contribution in [2.75, 3.05) is 5.32 Å². The highest BCUT2D eigenvalue weighted by atomic mass is 35.5. The van der Waals surface area contributed by atoms with Gasteiger partial charge in [-0.05, 0) is 31.9 Å². The fourth-order valence-electron chi connectivity index (χ4n) is 1.73. The summed E-state index contributed by atoms with van der Waals surface area (Å²) in [5.74, 6) is -0.0712. The highest BCUT2D eigenvalue weighted by Crippen LogP contribution is 2.34. The number of thiazole rings is 1. The number of amides is 1. The number of halogens is 1. The van der Waals surface area contributed by atoms with Crippen LogP contribution in [0.4, 0.5) is 5.13 Å². The third-order valence-electron chi connectivity index (χ3n) is 3.02. The molecule has 2 rings (SSSR count). The van der Waals surface area contributed by atoms with Gasteiger partial charge < -0.3 is 11.1 Å². The molecule has 2 aromatic heterocycles. The van der Waals surface area contributed by atoms with Crippen molar-refractivity contribution in [3.05, 3.63) is 21.9 Å². The number of rotatable bonds is 4. The van der Waals surface area contributed by atoms with Gasteiger partial charge in [-0.2, -0.15) is 0 Å². The van der Waals surface area contributed by atoms with Crippen molar-refractivity contribution < 1.29 is 4.79 Å². The van der Waals surface area contributed by atoms with Crippen LogP contribution in [0.2, 0.25) is 0 Å². The molecule has 0 fully saturated rings. The summed E-state index contributed by atoms with van der Waals surface area (Å²) in [6, 6.07) is 3.63. The molecule has 0 radical (unpaired) electrons. The van der Waals surface area contributed by atoms with Gasteiger partial charge in [0.2, 0.25) is 5.91 Å². The van der Waals surface area contributed by atoms with Gasteiger partial charge in [0.25, 0.3) is 0 Å². The zero-order valence-electron chi connectivity index (χ0n) is 12.5. The number of carbonyl (C=O) groups is 1. The van der Waals surface area contributed by atoms with E-state index >= 15 is 0 Å². The second-order valence-corrected chi connectivity index (χ2v) is 7.58. The van der Waals surface area contributed by atoms with Crippen LogP contribution in [0.3, 0.4) is 0 Å². The summed E-state index contributed by atoms with van der Waals surface area (Å²) >= 11 is 3.19. The highest BCUT2D eigenvalue weighted by Gasteiger charge is 2.19. The van der Waals surface area contributed by atoms with Crippen molar-refractivity contribution in [1.82, 2.24) is 4.98 Å². The van der Waals surface area contributed by atoms with Crippen LogP contribution in [0.25, 0.3) is 10.6 Å². The van der Waals surface area contributed by atoms with Crippen molar-refractivity contribution in [1.29, 1.82) is 0 Å². The van der Waals surface area contributed by atoms with Gasteiger partial charge in [-0.1, -0.05) is 13.8 Å². The fraction of sp³-hybridized carbons (Fsp3) is 0.429. The number of hydrogen-bond donors (Lipinski definition) is 2. The molecule has 21 heavy (non-hydrogen) atoms. The Morgan fingerprint density at radius 1 is 1.29 bits per heavy atom. The third-order valence-corrected chi connectivity index (χ3v) is 4.92. The molecule has 1 amide bonds. The number of aromatic nitrogens is 1. The van der Waals surface area contributed by atoms with Gasteiger partial charge >= 0.3 is 0 Å². The summed E-state index contributed by atoms with van der Waals surface area (Å²) in [6.07, 6.45) is 0. The summed E-state index contributed by atoms with van der Waals surface area (Å²) < 4.78 is 0. The lowest BCUT2D eigenvalue weighted by molar-refractivity contribution is -0.118. The first-order chi connectivity index (χ1) is 9.38. The molecule has 7 heteroatoms. The monoisotopic (exact) mass is 345 g/mol. The number of nitrogens with two attached hydrogens (primary N) is 1. The largest absolute Gasteiger partial charge is 0.320 e. The van der Waals surface area contributed by atoms with Gasteiger partial charge in [0.1, 0.15) is 0 Å². The fourth-order valence-corrected chi connectivity index (χ4v) is 3.54. The highest BCUT2D eigenvalue weighted by molar-refractivity contribution is 7.18. The minimum Gasteiger partial charge on any atom is -0.320 e. The molecule has 116 valence electrons. The zero-order valence-corrected chi connectivity index (χ0v) is 14.9. The number of nitrogens with zero attached hydrogens (tertiary/aromatic N) is 1. The molecule has 0 saturated carbocycles. The molecule has 1 atom stereocenters. The standard InChI is InChI=1S/C14H19N3OS2.ClH/c1-7(2)11(15)13(18)17-14-16-12(9(4)20-14)10-6-5-8(3)19-10;/h5-7,11H,15H2,1-4H3,(H,16,17,18);1H. The first-order valence-electron chi connectivity index (χ1n) is 6.49. The molecule has 0 aliphatic rings. The summed E-state index contributed by atoms with van der Waals surface area (Å²) in [5, 5.41) is 3.42. The molecular weight excluding hydrogens is 326 g/mol.